The van der Waals surface area contributed by atoms with Gasteiger partial charge in [0.05, 0.1) is 16.3 Å². The van der Waals surface area contributed by atoms with Crippen molar-refractivity contribution in [3.05, 3.63) is 52.8 Å². The van der Waals surface area contributed by atoms with E-state index in [1.54, 1.807) is 0 Å². The van der Waals surface area contributed by atoms with E-state index in [0.717, 1.165) is 6.20 Å². The van der Waals surface area contributed by atoms with Crippen LogP contribution >= 0.6 is 11.6 Å². The third kappa shape index (κ3) is 3.14. The van der Waals surface area contributed by atoms with E-state index in [2.05, 4.69) is 9.71 Å². The maximum Gasteiger partial charge on any atom is 0.336 e. The summed E-state index contributed by atoms with van der Waals surface area (Å²) in [4.78, 5) is 14.6. The van der Waals surface area contributed by atoms with Gasteiger partial charge in [-0.15, -0.1) is 0 Å². The third-order valence-corrected chi connectivity index (χ3v) is 4.67. The summed E-state index contributed by atoms with van der Waals surface area (Å²) in [6, 6.07) is 5.69. The zero-order chi connectivity index (χ0) is 15.6. The summed E-state index contributed by atoms with van der Waals surface area (Å²) >= 11 is 5.84. The molecule has 1 heterocycles. The Morgan fingerprint density at radius 3 is 2.67 bits per heavy atom. The second-order valence-corrected chi connectivity index (χ2v) is 6.25. The number of benzene rings is 1. The predicted molar refractivity (Wildman–Crippen MR) is 78.2 cm³/mol. The van der Waals surface area contributed by atoms with Crippen LogP contribution in [0.4, 0.5) is 5.69 Å². The number of hydrogen-bond acceptors (Lipinski definition) is 4. The molecule has 2 N–H and O–H groups in total. The SMILES string of the molecule is Cc1c(NS(=O)(=O)c2cnccc2Cl)cccc1C(=O)O. The van der Waals surface area contributed by atoms with Crippen LogP contribution in [0.1, 0.15) is 15.9 Å². The third-order valence-electron chi connectivity index (χ3n) is 2.83. The van der Waals surface area contributed by atoms with E-state index in [0.29, 0.717) is 5.56 Å². The van der Waals surface area contributed by atoms with E-state index in [1.807, 2.05) is 0 Å². The number of nitrogens with zero attached hydrogens (tertiary/aromatic N) is 1. The minimum atomic E-state index is -3.95. The van der Waals surface area contributed by atoms with Gasteiger partial charge in [-0.05, 0) is 30.7 Å². The summed E-state index contributed by atoms with van der Waals surface area (Å²) in [6.45, 7) is 1.52. The molecular formula is C13H11ClN2O4S. The summed E-state index contributed by atoms with van der Waals surface area (Å²) in [5.41, 5.74) is 0.510. The molecule has 0 aliphatic carbocycles. The number of aromatic nitrogens is 1. The maximum atomic E-state index is 12.3. The highest BCUT2D eigenvalue weighted by Crippen LogP contribution is 2.25. The highest BCUT2D eigenvalue weighted by atomic mass is 35.5. The lowest BCUT2D eigenvalue weighted by molar-refractivity contribution is 0.0696. The van der Waals surface area contributed by atoms with Crippen LogP contribution in [0.3, 0.4) is 0 Å². The first-order valence-corrected chi connectivity index (χ1v) is 7.64. The number of aromatic carboxylic acids is 1. The minimum Gasteiger partial charge on any atom is -0.478 e. The van der Waals surface area contributed by atoms with Crippen LogP contribution in [-0.4, -0.2) is 24.5 Å². The molecule has 0 radical (unpaired) electrons. The fraction of sp³-hybridized carbons (Fsp3) is 0.0769. The average Bonchev–Trinajstić information content (AvgIpc) is 2.41. The summed E-state index contributed by atoms with van der Waals surface area (Å²) in [7, 11) is -3.95. The molecule has 0 amide bonds. The molecule has 0 aliphatic heterocycles. The molecule has 8 heteroatoms. The van der Waals surface area contributed by atoms with E-state index in [9.17, 15) is 13.2 Å². The van der Waals surface area contributed by atoms with Crippen molar-refractivity contribution < 1.29 is 18.3 Å². The van der Waals surface area contributed by atoms with Crippen LogP contribution in [0.5, 0.6) is 0 Å². The molecule has 0 saturated heterocycles. The van der Waals surface area contributed by atoms with Crippen LogP contribution in [0, 0.1) is 6.92 Å². The highest BCUT2D eigenvalue weighted by molar-refractivity contribution is 7.92. The Kier molecular flexibility index (Phi) is 4.15. The highest BCUT2D eigenvalue weighted by Gasteiger charge is 2.20. The Bertz CT molecular complexity index is 806. The molecule has 0 unspecified atom stereocenters. The lowest BCUT2D eigenvalue weighted by Gasteiger charge is -2.12. The Morgan fingerprint density at radius 1 is 1.33 bits per heavy atom. The van der Waals surface area contributed by atoms with Crippen LogP contribution in [-0.2, 0) is 10.0 Å². The van der Waals surface area contributed by atoms with E-state index in [1.165, 1.54) is 37.4 Å². The molecule has 1 aromatic heterocycles. The molecule has 2 rings (SSSR count). The normalized spacial score (nSPS) is 11.1. The van der Waals surface area contributed by atoms with Crippen molar-refractivity contribution in [2.75, 3.05) is 4.72 Å². The number of halogens is 1. The van der Waals surface area contributed by atoms with E-state index in [4.69, 9.17) is 16.7 Å². The molecule has 0 atom stereocenters. The van der Waals surface area contributed by atoms with E-state index < -0.39 is 16.0 Å². The van der Waals surface area contributed by atoms with E-state index in [-0.39, 0.29) is 21.2 Å². The van der Waals surface area contributed by atoms with Gasteiger partial charge in [-0.3, -0.25) is 9.71 Å². The molecule has 0 fully saturated rings. The van der Waals surface area contributed by atoms with Gasteiger partial charge in [0.15, 0.2) is 0 Å². The fourth-order valence-electron chi connectivity index (χ4n) is 1.74. The van der Waals surface area contributed by atoms with Crippen LogP contribution < -0.4 is 4.72 Å². The van der Waals surface area contributed by atoms with Gasteiger partial charge in [-0.25, -0.2) is 13.2 Å². The molecule has 2 aromatic rings. The maximum absolute atomic E-state index is 12.3. The Morgan fingerprint density at radius 2 is 2.05 bits per heavy atom. The van der Waals surface area contributed by atoms with E-state index >= 15 is 0 Å². The number of pyridine rings is 1. The Hall–Kier alpha value is -2.12. The largest absolute Gasteiger partial charge is 0.478 e. The fourth-order valence-corrected chi connectivity index (χ4v) is 3.29. The standard InChI is InChI=1S/C13H11ClN2O4S/c1-8-9(13(17)18)3-2-4-11(8)16-21(19,20)12-7-15-6-5-10(12)14/h2-7,16H,1H3,(H,17,18). The van der Waals surface area contributed by atoms with Gasteiger partial charge in [0.2, 0.25) is 0 Å². The number of rotatable bonds is 4. The first-order valence-electron chi connectivity index (χ1n) is 5.78. The Balaban J connectivity index is 2.45. The molecule has 0 aliphatic rings. The van der Waals surface area contributed by atoms with Crippen molar-refractivity contribution in [1.82, 2.24) is 4.98 Å². The molecule has 1 aromatic carbocycles. The number of nitrogens with one attached hydrogen (secondary N) is 1. The summed E-state index contributed by atoms with van der Waals surface area (Å²) < 4.78 is 26.9. The number of sulfonamides is 1. The predicted octanol–water partition coefficient (Wildman–Crippen LogP) is 2.54. The van der Waals surface area contributed by atoms with Gasteiger partial charge in [0, 0.05) is 12.4 Å². The first-order chi connectivity index (χ1) is 9.83. The van der Waals surface area contributed by atoms with Crippen molar-refractivity contribution in [1.29, 1.82) is 0 Å². The van der Waals surface area contributed by atoms with Crippen molar-refractivity contribution in [3.8, 4) is 0 Å². The monoisotopic (exact) mass is 326 g/mol. The van der Waals surface area contributed by atoms with Gasteiger partial charge in [0.25, 0.3) is 10.0 Å². The number of hydrogen-bond donors (Lipinski definition) is 2. The first kappa shape index (κ1) is 15.3. The van der Waals surface area contributed by atoms with Crippen molar-refractivity contribution in [2.45, 2.75) is 11.8 Å². The summed E-state index contributed by atoms with van der Waals surface area (Å²) in [5.74, 6) is -1.13. The van der Waals surface area contributed by atoms with Gasteiger partial charge >= 0.3 is 5.97 Å². The van der Waals surface area contributed by atoms with Crippen molar-refractivity contribution >= 4 is 33.3 Å². The number of carbonyl (C=O) groups is 1. The van der Waals surface area contributed by atoms with Gasteiger partial charge < -0.3 is 5.11 Å². The number of carboxylic acids is 1. The molecule has 0 bridgehead atoms. The lowest BCUT2D eigenvalue weighted by atomic mass is 10.1. The van der Waals surface area contributed by atoms with Crippen molar-refractivity contribution in [2.24, 2.45) is 0 Å². The molecular weight excluding hydrogens is 316 g/mol. The molecule has 21 heavy (non-hydrogen) atoms. The molecule has 0 spiro atoms. The van der Waals surface area contributed by atoms with Gasteiger partial charge in [-0.1, -0.05) is 17.7 Å². The number of anilines is 1. The second kappa shape index (κ2) is 5.71. The van der Waals surface area contributed by atoms with Gasteiger partial charge in [0.1, 0.15) is 4.90 Å². The van der Waals surface area contributed by atoms with Crippen LogP contribution in [0.15, 0.2) is 41.6 Å². The number of carboxylic acid groups (broad SMARTS) is 1. The lowest BCUT2D eigenvalue weighted by Crippen LogP contribution is -2.15. The van der Waals surface area contributed by atoms with Crippen LogP contribution in [0.2, 0.25) is 5.02 Å². The smallest absolute Gasteiger partial charge is 0.336 e. The molecule has 0 saturated carbocycles. The van der Waals surface area contributed by atoms with Crippen LogP contribution in [0.25, 0.3) is 0 Å². The topological polar surface area (TPSA) is 96.4 Å². The summed E-state index contributed by atoms with van der Waals surface area (Å²) in [5, 5.41) is 9.07. The second-order valence-electron chi connectivity index (χ2n) is 4.19. The molecule has 110 valence electrons. The minimum absolute atomic E-state index is 0.0208. The van der Waals surface area contributed by atoms with Crippen molar-refractivity contribution in [3.63, 3.8) is 0 Å². The summed E-state index contributed by atoms with van der Waals surface area (Å²) in [6.07, 6.45) is 2.50. The average molecular weight is 327 g/mol. The zero-order valence-corrected chi connectivity index (χ0v) is 12.4. The quantitative estimate of drug-likeness (QED) is 0.900. The zero-order valence-electron chi connectivity index (χ0n) is 10.9. The Labute approximate surface area is 126 Å². The molecule has 6 nitrogen and oxygen atoms in total. The van der Waals surface area contributed by atoms with Gasteiger partial charge in [-0.2, -0.15) is 0 Å².